The lowest BCUT2D eigenvalue weighted by Gasteiger charge is -2.16. The standard InChI is InChI=1S/C13H21NO2/c1-10(8-15)9-16-13-11(2)5-4-6-12(13)7-14-3/h4-6,10,14-15H,7-9H2,1-3H3. The summed E-state index contributed by atoms with van der Waals surface area (Å²) in [5.74, 6) is 1.11. The number of aryl methyl sites for hydroxylation is 1. The number of ether oxygens (including phenoxy) is 1. The molecule has 0 aromatic heterocycles. The number of benzene rings is 1. The molecule has 0 bridgehead atoms. The summed E-state index contributed by atoms with van der Waals surface area (Å²) in [6, 6.07) is 6.13. The molecule has 0 spiro atoms. The van der Waals surface area contributed by atoms with Gasteiger partial charge in [-0.3, -0.25) is 0 Å². The first-order valence-electron chi connectivity index (χ1n) is 5.65. The third-order valence-electron chi connectivity index (χ3n) is 2.48. The van der Waals surface area contributed by atoms with Crippen molar-refractivity contribution >= 4 is 0 Å². The molecule has 0 aliphatic carbocycles. The lowest BCUT2D eigenvalue weighted by atomic mass is 10.1. The molecule has 0 heterocycles. The molecule has 0 saturated carbocycles. The summed E-state index contributed by atoms with van der Waals surface area (Å²) in [7, 11) is 1.92. The maximum Gasteiger partial charge on any atom is 0.126 e. The van der Waals surface area contributed by atoms with E-state index in [0.717, 1.165) is 23.4 Å². The van der Waals surface area contributed by atoms with Crippen LogP contribution in [0.2, 0.25) is 0 Å². The van der Waals surface area contributed by atoms with Crippen molar-refractivity contribution in [1.82, 2.24) is 5.32 Å². The fourth-order valence-corrected chi connectivity index (χ4v) is 1.53. The molecule has 0 aliphatic rings. The second-order valence-electron chi connectivity index (χ2n) is 4.19. The molecule has 0 fully saturated rings. The summed E-state index contributed by atoms with van der Waals surface area (Å²) in [5.41, 5.74) is 2.30. The van der Waals surface area contributed by atoms with Gasteiger partial charge in [0, 0.05) is 24.6 Å². The van der Waals surface area contributed by atoms with Crippen molar-refractivity contribution in [2.24, 2.45) is 5.92 Å². The first kappa shape index (κ1) is 13.0. The zero-order valence-electron chi connectivity index (χ0n) is 10.3. The summed E-state index contributed by atoms with van der Waals surface area (Å²) >= 11 is 0. The van der Waals surface area contributed by atoms with E-state index in [4.69, 9.17) is 9.84 Å². The Morgan fingerprint density at radius 3 is 2.81 bits per heavy atom. The lowest BCUT2D eigenvalue weighted by molar-refractivity contribution is 0.173. The Morgan fingerprint density at radius 2 is 2.19 bits per heavy atom. The normalized spacial score (nSPS) is 12.5. The topological polar surface area (TPSA) is 41.5 Å². The molecule has 1 aromatic carbocycles. The van der Waals surface area contributed by atoms with E-state index in [2.05, 4.69) is 11.4 Å². The van der Waals surface area contributed by atoms with Gasteiger partial charge in [0.25, 0.3) is 0 Å². The van der Waals surface area contributed by atoms with Crippen molar-refractivity contribution in [3.8, 4) is 5.75 Å². The van der Waals surface area contributed by atoms with Crippen LogP contribution < -0.4 is 10.1 Å². The van der Waals surface area contributed by atoms with E-state index in [0.29, 0.717) is 6.61 Å². The van der Waals surface area contributed by atoms with Gasteiger partial charge in [0.2, 0.25) is 0 Å². The van der Waals surface area contributed by atoms with Crippen LogP contribution in [0.5, 0.6) is 5.75 Å². The zero-order valence-corrected chi connectivity index (χ0v) is 10.3. The average Bonchev–Trinajstić information content (AvgIpc) is 2.28. The summed E-state index contributed by atoms with van der Waals surface area (Å²) in [6.07, 6.45) is 0. The fourth-order valence-electron chi connectivity index (χ4n) is 1.53. The summed E-state index contributed by atoms with van der Waals surface area (Å²) in [4.78, 5) is 0. The summed E-state index contributed by atoms with van der Waals surface area (Å²) in [6.45, 7) is 5.52. The van der Waals surface area contributed by atoms with Gasteiger partial charge >= 0.3 is 0 Å². The van der Waals surface area contributed by atoms with Crippen LogP contribution in [0.15, 0.2) is 18.2 Å². The van der Waals surface area contributed by atoms with Crippen LogP contribution in [0.25, 0.3) is 0 Å². The lowest BCUT2D eigenvalue weighted by Crippen LogP contribution is -2.15. The third-order valence-corrected chi connectivity index (χ3v) is 2.48. The Hall–Kier alpha value is -1.06. The summed E-state index contributed by atoms with van der Waals surface area (Å²) < 4.78 is 5.77. The van der Waals surface area contributed by atoms with Gasteiger partial charge in [-0.2, -0.15) is 0 Å². The van der Waals surface area contributed by atoms with Crippen molar-refractivity contribution in [3.63, 3.8) is 0 Å². The minimum absolute atomic E-state index is 0.160. The molecule has 0 aliphatic heterocycles. The van der Waals surface area contributed by atoms with Crippen LogP contribution in [-0.4, -0.2) is 25.4 Å². The quantitative estimate of drug-likeness (QED) is 0.771. The Balaban J connectivity index is 2.75. The zero-order chi connectivity index (χ0) is 12.0. The predicted octanol–water partition coefficient (Wildman–Crippen LogP) is 1.72. The molecule has 3 nitrogen and oxygen atoms in total. The number of nitrogens with one attached hydrogen (secondary N) is 1. The molecule has 0 radical (unpaired) electrons. The van der Waals surface area contributed by atoms with Gasteiger partial charge in [-0.1, -0.05) is 25.1 Å². The van der Waals surface area contributed by atoms with E-state index in [9.17, 15) is 0 Å². The maximum atomic E-state index is 8.96. The van der Waals surface area contributed by atoms with Gasteiger partial charge in [0.1, 0.15) is 5.75 Å². The maximum absolute atomic E-state index is 8.96. The smallest absolute Gasteiger partial charge is 0.126 e. The van der Waals surface area contributed by atoms with Crippen molar-refractivity contribution in [1.29, 1.82) is 0 Å². The van der Waals surface area contributed by atoms with Gasteiger partial charge in [-0.25, -0.2) is 0 Å². The van der Waals surface area contributed by atoms with E-state index in [1.807, 2.05) is 33.0 Å². The molecule has 90 valence electrons. The van der Waals surface area contributed by atoms with Crippen molar-refractivity contribution < 1.29 is 9.84 Å². The molecule has 0 saturated heterocycles. The molecule has 2 N–H and O–H groups in total. The Labute approximate surface area is 97.4 Å². The van der Waals surface area contributed by atoms with Gasteiger partial charge in [0.05, 0.1) is 6.61 Å². The van der Waals surface area contributed by atoms with Crippen LogP contribution in [0, 0.1) is 12.8 Å². The second kappa shape index (κ2) is 6.51. The molecule has 1 rings (SSSR count). The molecule has 16 heavy (non-hydrogen) atoms. The predicted molar refractivity (Wildman–Crippen MR) is 65.7 cm³/mol. The van der Waals surface area contributed by atoms with Crippen LogP contribution in [0.3, 0.4) is 0 Å². The number of para-hydroxylation sites is 1. The number of aliphatic hydroxyl groups is 1. The van der Waals surface area contributed by atoms with E-state index in [1.165, 1.54) is 0 Å². The highest BCUT2D eigenvalue weighted by molar-refractivity contribution is 5.40. The van der Waals surface area contributed by atoms with Crippen molar-refractivity contribution in [2.75, 3.05) is 20.3 Å². The number of aliphatic hydroxyl groups excluding tert-OH is 1. The van der Waals surface area contributed by atoms with Crippen molar-refractivity contribution in [3.05, 3.63) is 29.3 Å². The number of rotatable bonds is 6. The molecular weight excluding hydrogens is 202 g/mol. The van der Waals surface area contributed by atoms with E-state index in [1.54, 1.807) is 0 Å². The molecule has 1 aromatic rings. The van der Waals surface area contributed by atoms with Crippen LogP contribution in [0.4, 0.5) is 0 Å². The third kappa shape index (κ3) is 3.51. The van der Waals surface area contributed by atoms with E-state index >= 15 is 0 Å². The van der Waals surface area contributed by atoms with Gasteiger partial charge in [-0.15, -0.1) is 0 Å². The molecule has 3 heteroatoms. The van der Waals surface area contributed by atoms with Gasteiger partial charge in [0.15, 0.2) is 0 Å². The monoisotopic (exact) mass is 223 g/mol. The van der Waals surface area contributed by atoms with E-state index < -0.39 is 0 Å². The molecular formula is C13H21NO2. The van der Waals surface area contributed by atoms with Crippen LogP contribution in [0.1, 0.15) is 18.1 Å². The van der Waals surface area contributed by atoms with E-state index in [-0.39, 0.29) is 12.5 Å². The minimum Gasteiger partial charge on any atom is -0.493 e. The first-order chi connectivity index (χ1) is 7.69. The van der Waals surface area contributed by atoms with Crippen molar-refractivity contribution in [2.45, 2.75) is 20.4 Å². The minimum atomic E-state index is 0.160. The SMILES string of the molecule is CNCc1cccc(C)c1OCC(C)CO. The Morgan fingerprint density at radius 1 is 1.44 bits per heavy atom. The van der Waals surface area contributed by atoms with Gasteiger partial charge < -0.3 is 15.2 Å². The highest BCUT2D eigenvalue weighted by Crippen LogP contribution is 2.23. The Bertz CT molecular complexity index is 326. The fraction of sp³-hybridized carbons (Fsp3) is 0.538. The molecule has 1 atom stereocenters. The number of hydrogen-bond acceptors (Lipinski definition) is 3. The van der Waals surface area contributed by atoms with Crippen LogP contribution >= 0.6 is 0 Å². The van der Waals surface area contributed by atoms with Crippen LogP contribution in [-0.2, 0) is 6.54 Å². The average molecular weight is 223 g/mol. The molecule has 1 unspecified atom stereocenters. The highest BCUT2D eigenvalue weighted by Gasteiger charge is 2.08. The highest BCUT2D eigenvalue weighted by atomic mass is 16.5. The Kier molecular flexibility index (Phi) is 5.29. The molecule has 0 amide bonds. The first-order valence-corrected chi connectivity index (χ1v) is 5.65. The van der Waals surface area contributed by atoms with Gasteiger partial charge in [-0.05, 0) is 19.5 Å². The largest absolute Gasteiger partial charge is 0.493 e. The summed E-state index contributed by atoms with van der Waals surface area (Å²) in [5, 5.41) is 12.1. The number of hydrogen-bond donors (Lipinski definition) is 2. The second-order valence-corrected chi connectivity index (χ2v) is 4.19.